The van der Waals surface area contributed by atoms with E-state index in [1.807, 2.05) is 51.1 Å². The maximum absolute atomic E-state index is 12.6. The molecule has 0 fully saturated rings. The van der Waals surface area contributed by atoms with Crippen molar-refractivity contribution in [1.82, 2.24) is 0 Å². The minimum absolute atomic E-state index is 0.547. The van der Waals surface area contributed by atoms with Crippen LogP contribution in [0.3, 0.4) is 0 Å². The van der Waals surface area contributed by atoms with Crippen molar-refractivity contribution in [3.8, 4) is 12.0 Å². The summed E-state index contributed by atoms with van der Waals surface area (Å²) in [5.74, 6) is 2.97. The Morgan fingerprint density at radius 2 is 1.83 bits per heavy atom. The summed E-state index contributed by atoms with van der Waals surface area (Å²) < 4.78 is 6.11. The highest BCUT2D eigenvalue weighted by Gasteiger charge is 2.24. The summed E-state index contributed by atoms with van der Waals surface area (Å²) in [5.41, 5.74) is 0.746. The van der Waals surface area contributed by atoms with Gasteiger partial charge < -0.3 is 4.74 Å². The second-order valence-electron chi connectivity index (χ2n) is 6.01. The molecule has 0 saturated heterocycles. The predicted molar refractivity (Wildman–Crippen MR) is 101 cm³/mol. The molecule has 124 valence electrons. The Balaban J connectivity index is 2.42. The van der Waals surface area contributed by atoms with Crippen molar-refractivity contribution >= 4 is 39.3 Å². The van der Waals surface area contributed by atoms with E-state index in [1.165, 1.54) is 4.90 Å². The average molecular weight is 407 g/mol. The molecule has 2 rings (SSSR count). The van der Waals surface area contributed by atoms with Gasteiger partial charge in [-0.2, -0.15) is 0 Å². The highest BCUT2D eigenvalue weighted by atomic mass is 79.9. The van der Waals surface area contributed by atoms with Crippen molar-refractivity contribution in [3.05, 3.63) is 63.6 Å². The number of benzene rings is 2. The first-order valence-electron chi connectivity index (χ1n) is 7.31. The van der Waals surface area contributed by atoms with Crippen molar-refractivity contribution in [3.63, 3.8) is 0 Å². The number of hydrogen-bond donors (Lipinski definition) is 0. The van der Waals surface area contributed by atoms with Crippen molar-refractivity contribution in [2.45, 2.75) is 26.4 Å². The van der Waals surface area contributed by atoms with Gasteiger partial charge in [-0.15, -0.1) is 0 Å². The fourth-order valence-electron chi connectivity index (χ4n) is 1.82. The summed E-state index contributed by atoms with van der Waals surface area (Å²) in [6.45, 7) is 5.43. The van der Waals surface area contributed by atoms with Crippen LogP contribution < -0.4 is 4.90 Å². The summed E-state index contributed by atoms with van der Waals surface area (Å²) in [4.78, 5) is 13.8. The maximum Gasteiger partial charge on any atom is 0.426 e. The quantitative estimate of drug-likeness (QED) is 0.439. The fraction of sp³-hybridized carbons (Fsp3) is 0.211. The van der Waals surface area contributed by atoms with Gasteiger partial charge in [-0.25, -0.2) is 9.69 Å². The zero-order valence-corrected chi connectivity index (χ0v) is 16.0. The minimum Gasteiger partial charge on any atom is -0.443 e. The van der Waals surface area contributed by atoms with Crippen LogP contribution in [0.4, 0.5) is 10.5 Å². The number of ether oxygens (including phenoxy) is 1. The Hall–Kier alpha value is -1.96. The lowest BCUT2D eigenvalue weighted by atomic mass is 10.2. The second-order valence-corrected chi connectivity index (χ2v) is 7.31. The summed E-state index contributed by atoms with van der Waals surface area (Å²) in [6, 6.07) is 17.4. The summed E-state index contributed by atoms with van der Waals surface area (Å²) in [6.07, 6.45) is -0.547. The molecule has 0 radical (unpaired) electrons. The molecule has 0 unspecified atom stereocenters. The van der Waals surface area contributed by atoms with Crippen LogP contribution in [0.5, 0.6) is 0 Å². The maximum atomic E-state index is 12.6. The summed E-state index contributed by atoms with van der Waals surface area (Å²) in [7, 11) is 0. The predicted octanol–water partition coefficient (Wildman–Crippen LogP) is 5.85. The van der Waals surface area contributed by atoms with Gasteiger partial charge in [-0.1, -0.05) is 29.8 Å². The zero-order chi connectivity index (χ0) is 17.7. The second kappa shape index (κ2) is 7.74. The first-order valence-corrected chi connectivity index (χ1v) is 8.48. The molecule has 0 aliphatic rings. The first-order chi connectivity index (χ1) is 11.3. The topological polar surface area (TPSA) is 29.5 Å². The highest BCUT2D eigenvalue weighted by Crippen LogP contribution is 2.30. The molecule has 2 aromatic carbocycles. The SMILES string of the molecule is CC(C)(C)OC(=O)N(C#Cc1ccccc1)c1ccc(Cl)cc1Br. The van der Waals surface area contributed by atoms with Crippen LogP contribution >= 0.6 is 27.5 Å². The molecule has 2 aromatic rings. The molecule has 0 heterocycles. The van der Waals surface area contributed by atoms with E-state index in [1.54, 1.807) is 18.2 Å². The van der Waals surface area contributed by atoms with Gasteiger partial charge in [0.15, 0.2) is 0 Å². The lowest BCUT2D eigenvalue weighted by Gasteiger charge is -2.24. The lowest BCUT2D eigenvalue weighted by molar-refractivity contribution is 0.0600. The number of carbonyl (C=O) groups excluding carboxylic acids is 1. The Bertz CT molecular complexity index is 788. The fourth-order valence-corrected chi connectivity index (χ4v) is 2.68. The normalized spacial score (nSPS) is 10.5. The van der Waals surface area contributed by atoms with E-state index in [9.17, 15) is 4.79 Å². The molecule has 5 heteroatoms. The smallest absolute Gasteiger partial charge is 0.426 e. The van der Waals surface area contributed by atoms with E-state index in [0.717, 1.165) is 5.56 Å². The number of carbonyl (C=O) groups is 1. The van der Waals surface area contributed by atoms with Crippen LogP contribution in [-0.4, -0.2) is 11.7 Å². The number of nitrogens with zero attached hydrogens (tertiary/aromatic N) is 1. The third-order valence-electron chi connectivity index (χ3n) is 2.81. The van der Waals surface area contributed by atoms with Crippen LogP contribution in [0.1, 0.15) is 26.3 Å². The zero-order valence-electron chi connectivity index (χ0n) is 13.6. The van der Waals surface area contributed by atoms with Gasteiger partial charge >= 0.3 is 6.09 Å². The van der Waals surface area contributed by atoms with E-state index in [4.69, 9.17) is 16.3 Å². The molecule has 24 heavy (non-hydrogen) atoms. The number of halogens is 2. The van der Waals surface area contributed by atoms with E-state index < -0.39 is 11.7 Å². The van der Waals surface area contributed by atoms with Gasteiger partial charge in [0, 0.05) is 21.1 Å². The van der Waals surface area contributed by atoms with Crippen molar-refractivity contribution in [1.29, 1.82) is 0 Å². The van der Waals surface area contributed by atoms with Gasteiger partial charge in [0.25, 0.3) is 0 Å². The average Bonchev–Trinajstić information content (AvgIpc) is 2.48. The van der Waals surface area contributed by atoms with Crippen molar-refractivity contribution in [2.24, 2.45) is 0 Å². The third-order valence-corrected chi connectivity index (χ3v) is 3.68. The minimum atomic E-state index is -0.622. The first kappa shape index (κ1) is 18.4. The molecule has 0 spiro atoms. The molecule has 0 saturated carbocycles. The molecule has 0 N–H and O–H groups in total. The van der Waals surface area contributed by atoms with Gasteiger partial charge in [0.2, 0.25) is 0 Å². The monoisotopic (exact) mass is 405 g/mol. The van der Waals surface area contributed by atoms with E-state index in [2.05, 4.69) is 27.9 Å². The Morgan fingerprint density at radius 1 is 1.17 bits per heavy atom. The lowest BCUT2D eigenvalue weighted by Crippen LogP contribution is -2.34. The standard InChI is InChI=1S/C19H17BrClNO2/c1-19(2,3)24-18(23)22(12-11-14-7-5-4-6-8-14)17-10-9-15(21)13-16(17)20/h4-10,13H,1-3H3. The number of anilines is 1. The molecule has 0 bridgehead atoms. The number of hydrogen-bond acceptors (Lipinski definition) is 2. The van der Waals surface area contributed by atoms with Crippen LogP contribution in [0.2, 0.25) is 5.02 Å². The van der Waals surface area contributed by atoms with Crippen molar-refractivity contribution in [2.75, 3.05) is 4.90 Å². The Kier molecular flexibility index (Phi) is 5.93. The molecule has 0 atom stereocenters. The van der Waals surface area contributed by atoms with Gasteiger partial charge in [0.05, 0.1) is 5.69 Å². The van der Waals surface area contributed by atoms with E-state index in [0.29, 0.717) is 15.2 Å². The number of rotatable bonds is 1. The largest absolute Gasteiger partial charge is 0.443 e. The van der Waals surface area contributed by atoms with Gasteiger partial charge in [-0.3, -0.25) is 0 Å². The van der Waals surface area contributed by atoms with Crippen molar-refractivity contribution < 1.29 is 9.53 Å². The molecular weight excluding hydrogens is 390 g/mol. The number of amides is 1. The highest BCUT2D eigenvalue weighted by molar-refractivity contribution is 9.10. The molecule has 0 aromatic heterocycles. The Labute approximate surface area is 155 Å². The van der Waals surface area contributed by atoms with Crippen LogP contribution in [0.15, 0.2) is 53.0 Å². The van der Waals surface area contributed by atoms with E-state index in [-0.39, 0.29) is 0 Å². The Morgan fingerprint density at radius 3 is 2.42 bits per heavy atom. The molecule has 3 nitrogen and oxygen atoms in total. The molecule has 0 aliphatic heterocycles. The summed E-state index contributed by atoms with van der Waals surface area (Å²) in [5, 5.41) is 0.561. The molecule has 1 amide bonds. The third kappa shape index (κ3) is 5.30. The van der Waals surface area contributed by atoms with Gasteiger partial charge in [-0.05, 0) is 73.0 Å². The van der Waals surface area contributed by atoms with Crippen LogP contribution in [0.25, 0.3) is 0 Å². The molecule has 0 aliphatic carbocycles. The summed E-state index contributed by atoms with van der Waals surface area (Å²) >= 11 is 9.40. The van der Waals surface area contributed by atoms with Crippen LogP contribution in [-0.2, 0) is 4.74 Å². The molecular formula is C19H17BrClNO2. The van der Waals surface area contributed by atoms with Crippen LogP contribution in [0, 0.1) is 12.0 Å². The van der Waals surface area contributed by atoms with Gasteiger partial charge in [0.1, 0.15) is 5.60 Å². The van der Waals surface area contributed by atoms with E-state index >= 15 is 0 Å².